The zero-order valence-corrected chi connectivity index (χ0v) is 11.9. The molecular formula is C20H16O. The van der Waals surface area contributed by atoms with Gasteiger partial charge in [0.15, 0.2) is 0 Å². The minimum atomic E-state index is -0.107. The van der Waals surface area contributed by atoms with E-state index in [9.17, 15) is 0 Å². The average Bonchev–Trinajstić information content (AvgIpc) is 2.81. The van der Waals surface area contributed by atoms with Gasteiger partial charge in [-0.25, -0.2) is 0 Å². The van der Waals surface area contributed by atoms with Gasteiger partial charge in [0.1, 0.15) is 11.3 Å². The van der Waals surface area contributed by atoms with E-state index in [1.807, 2.05) is 12.1 Å². The summed E-state index contributed by atoms with van der Waals surface area (Å²) in [5.41, 5.74) is 3.29. The molecule has 1 heteroatoms. The van der Waals surface area contributed by atoms with E-state index < -0.39 is 0 Å². The molecule has 3 aromatic rings. The number of hydrogen-bond donors (Lipinski definition) is 0. The molecule has 1 nitrogen and oxygen atoms in total. The van der Waals surface area contributed by atoms with Gasteiger partial charge in [-0.05, 0) is 24.6 Å². The topological polar surface area (TPSA) is 13.1 Å². The van der Waals surface area contributed by atoms with E-state index in [1.165, 1.54) is 16.5 Å². The van der Waals surface area contributed by atoms with Crippen LogP contribution in [0.4, 0.5) is 0 Å². The monoisotopic (exact) mass is 272 g/mol. The van der Waals surface area contributed by atoms with Crippen LogP contribution in [0.2, 0.25) is 0 Å². The molecule has 1 atom stereocenters. The predicted octanol–water partition coefficient (Wildman–Crippen LogP) is 5.43. The highest BCUT2D eigenvalue weighted by Crippen LogP contribution is 2.36. The zero-order chi connectivity index (χ0) is 14.3. The Bertz CT molecular complexity index is 852. The van der Waals surface area contributed by atoms with E-state index >= 15 is 0 Å². The van der Waals surface area contributed by atoms with Gasteiger partial charge < -0.3 is 4.42 Å². The van der Waals surface area contributed by atoms with Crippen LogP contribution in [0.25, 0.3) is 23.1 Å². The summed E-state index contributed by atoms with van der Waals surface area (Å²) in [7, 11) is 0. The Kier molecular flexibility index (Phi) is 2.61. The van der Waals surface area contributed by atoms with Crippen molar-refractivity contribution in [2.45, 2.75) is 12.3 Å². The summed E-state index contributed by atoms with van der Waals surface area (Å²) in [5.74, 6) is 0.937. The van der Waals surface area contributed by atoms with Crippen LogP contribution < -0.4 is 0 Å². The Labute approximate surface area is 124 Å². The van der Waals surface area contributed by atoms with Gasteiger partial charge >= 0.3 is 0 Å². The molecule has 0 saturated heterocycles. The van der Waals surface area contributed by atoms with E-state index in [0.29, 0.717) is 0 Å². The van der Waals surface area contributed by atoms with Crippen molar-refractivity contribution >= 4 is 23.1 Å². The fourth-order valence-corrected chi connectivity index (χ4v) is 2.93. The van der Waals surface area contributed by atoms with E-state index in [0.717, 1.165) is 11.3 Å². The van der Waals surface area contributed by atoms with Crippen molar-refractivity contribution in [2.75, 3.05) is 0 Å². The Hall–Kier alpha value is -2.54. The fraction of sp³-hybridized carbons (Fsp3) is 0.100. The predicted molar refractivity (Wildman–Crippen MR) is 88.1 cm³/mol. The molecule has 1 aliphatic rings. The van der Waals surface area contributed by atoms with Crippen LogP contribution in [0.15, 0.2) is 71.2 Å². The van der Waals surface area contributed by atoms with Crippen LogP contribution >= 0.6 is 0 Å². The molecule has 0 aliphatic heterocycles. The van der Waals surface area contributed by atoms with Crippen LogP contribution in [-0.2, 0) is 5.41 Å². The number of allylic oxidation sites excluding steroid dienone is 2. The lowest BCUT2D eigenvalue weighted by Gasteiger charge is -2.21. The highest BCUT2D eigenvalue weighted by Gasteiger charge is 2.23. The summed E-state index contributed by atoms with van der Waals surface area (Å²) >= 11 is 0. The van der Waals surface area contributed by atoms with Gasteiger partial charge in [-0.15, -0.1) is 0 Å². The van der Waals surface area contributed by atoms with E-state index in [4.69, 9.17) is 4.42 Å². The van der Waals surface area contributed by atoms with Crippen molar-refractivity contribution in [3.05, 3.63) is 83.6 Å². The van der Waals surface area contributed by atoms with Gasteiger partial charge in [-0.2, -0.15) is 0 Å². The Morgan fingerprint density at radius 1 is 0.810 bits per heavy atom. The first-order valence-electron chi connectivity index (χ1n) is 7.22. The Balaban J connectivity index is 1.87. The lowest BCUT2D eigenvalue weighted by atomic mass is 9.82. The summed E-state index contributed by atoms with van der Waals surface area (Å²) in [6.07, 6.45) is 8.76. The highest BCUT2D eigenvalue weighted by molar-refractivity contribution is 5.91. The molecule has 0 N–H and O–H groups in total. The molecule has 4 rings (SSSR count). The second-order valence-electron chi connectivity index (χ2n) is 5.69. The van der Waals surface area contributed by atoms with Crippen LogP contribution in [0.5, 0.6) is 0 Å². The number of rotatable bonds is 1. The molecule has 0 amide bonds. The maximum absolute atomic E-state index is 5.96. The Morgan fingerprint density at radius 2 is 1.52 bits per heavy atom. The van der Waals surface area contributed by atoms with Crippen molar-refractivity contribution in [1.82, 2.24) is 0 Å². The van der Waals surface area contributed by atoms with Crippen LogP contribution in [0, 0.1) is 0 Å². The normalized spacial score (nSPS) is 20.4. The maximum atomic E-state index is 5.96. The molecule has 21 heavy (non-hydrogen) atoms. The van der Waals surface area contributed by atoms with Crippen molar-refractivity contribution < 1.29 is 4.42 Å². The minimum absolute atomic E-state index is 0.107. The van der Waals surface area contributed by atoms with Gasteiger partial charge in [0.25, 0.3) is 0 Å². The van der Waals surface area contributed by atoms with Gasteiger partial charge in [0, 0.05) is 16.4 Å². The zero-order valence-electron chi connectivity index (χ0n) is 11.9. The van der Waals surface area contributed by atoms with Crippen LogP contribution in [0.1, 0.15) is 23.8 Å². The summed E-state index contributed by atoms with van der Waals surface area (Å²) < 4.78 is 5.96. The van der Waals surface area contributed by atoms with Gasteiger partial charge in [0.2, 0.25) is 0 Å². The minimum Gasteiger partial charge on any atom is -0.456 e. The molecule has 0 spiro atoms. The molecule has 102 valence electrons. The average molecular weight is 272 g/mol. The van der Waals surface area contributed by atoms with Crippen molar-refractivity contribution in [3.8, 4) is 0 Å². The van der Waals surface area contributed by atoms with Gasteiger partial charge in [-0.1, -0.05) is 66.8 Å². The molecule has 0 radical (unpaired) electrons. The van der Waals surface area contributed by atoms with Crippen molar-refractivity contribution in [3.63, 3.8) is 0 Å². The number of fused-ring (bicyclic) bond motifs is 3. The summed E-state index contributed by atoms with van der Waals surface area (Å²) in [4.78, 5) is 0. The maximum Gasteiger partial charge on any atom is 0.135 e. The first kappa shape index (κ1) is 12.2. The number of hydrogen-bond acceptors (Lipinski definition) is 1. The molecule has 0 saturated carbocycles. The molecule has 1 aromatic heterocycles. The first-order chi connectivity index (χ1) is 10.3. The standard InChI is InChI=1S/C20H16O/c1-20(15-7-3-2-4-8-15)13-11-17-16-9-5-6-10-18(16)21-19(17)12-14-20/h2-14H,1H3. The Morgan fingerprint density at radius 3 is 2.38 bits per heavy atom. The van der Waals surface area contributed by atoms with E-state index in [-0.39, 0.29) is 5.41 Å². The third-order valence-corrected chi connectivity index (χ3v) is 4.24. The molecular weight excluding hydrogens is 256 g/mol. The smallest absolute Gasteiger partial charge is 0.135 e. The number of furan rings is 1. The summed E-state index contributed by atoms with van der Waals surface area (Å²) in [6, 6.07) is 18.7. The fourth-order valence-electron chi connectivity index (χ4n) is 2.93. The lowest BCUT2D eigenvalue weighted by Crippen LogP contribution is -2.14. The van der Waals surface area contributed by atoms with E-state index in [2.05, 4.69) is 73.7 Å². The van der Waals surface area contributed by atoms with Gasteiger partial charge in [0.05, 0.1) is 0 Å². The van der Waals surface area contributed by atoms with Crippen LogP contribution in [-0.4, -0.2) is 0 Å². The third-order valence-electron chi connectivity index (χ3n) is 4.24. The number of para-hydroxylation sites is 1. The summed E-state index contributed by atoms with van der Waals surface area (Å²) in [6.45, 7) is 2.23. The van der Waals surface area contributed by atoms with Gasteiger partial charge in [-0.3, -0.25) is 0 Å². The lowest BCUT2D eigenvalue weighted by molar-refractivity contribution is 0.603. The third kappa shape index (κ3) is 1.93. The van der Waals surface area contributed by atoms with E-state index in [1.54, 1.807) is 0 Å². The highest BCUT2D eigenvalue weighted by atomic mass is 16.3. The SMILES string of the molecule is CC1(c2ccccc2)C=Cc2oc3ccccc3c2C=C1. The van der Waals surface area contributed by atoms with Crippen LogP contribution in [0.3, 0.4) is 0 Å². The van der Waals surface area contributed by atoms with Crippen molar-refractivity contribution in [1.29, 1.82) is 0 Å². The quantitative estimate of drug-likeness (QED) is 0.575. The molecule has 1 unspecified atom stereocenters. The second kappa shape index (κ2) is 4.49. The molecule has 0 fully saturated rings. The first-order valence-corrected chi connectivity index (χ1v) is 7.22. The second-order valence-corrected chi connectivity index (χ2v) is 5.69. The molecule has 1 aliphatic carbocycles. The molecule has 0 bridgehead atoms. The van der Waals surface area contributed by atoms with Crippen molar-refractivity contribution in [2.24, 2.45) is 0 Å². The molecule has 2 aromatic carbocycles. The largest absolute Gasteiger partial charge is 0.456 e. The molecule has 1 heterocycles. The summed E-state index contributed by atoms with van der Waals surface area (Å²) in [5, 5.41) is 1.17. The number of benzene rings is 2.